The lowest BCUT2D eigenvalue weighted by atomic mass is 9.75. The van der Waals surface area contributed by atoms with Crippen LogP contribution >= 0.6 is 0 Å². The van der Waals surface area contributed by atoms with Crippen molar-refractivity contribution in [3.63, 3.8) is 0 Å². The third kappa shape index (κ3) is 2.52. The van der Waals surface area contributed by atoms with Gasteiger partial charge in [-0.25, -0.2) is 0 Å². The van der Waals surface area contributed by atoms with Gasteiger partial charge in [-0.15, -0.1) is 0 Å². The minimum absolute atomic E-state index is 0.0747. The second-order valence-electron chi connectivity index (χ2n) is 6.15. The van der Waals surface area contributed by atoms with E-state index in [1.54, 1.807) is 6.07 Å². The van der Waals surface area contributed by atoms with E-state index in [0.29, 0.717) is 0 Å². The molecule has 1 atom stereocenters. The van der Waals surface area contributed by atoms with Gasteiger partial charge in [0.15, 0.2) is 0 Å². The number of aromatic hydroxyl groups is 1. The number of carbonyl (C=O) groups excluding carboxylic acids is 1. The Balaban J connectivity index is 2.25. The van der Waals surface area contributed by atoms with Gasteiger partial charge in [0, 0.05) is 12.2 Å². The molecule has 1 unspecified atom stereocenters. The van der Waals surface area contributed by atoms with E-state index in [9.17, 15) is 9.90 Å². The van der Waals surface area contributed by atoms with Crippen LogP contribution in [-0.4, -0.2) is 24.1 Å². The van der Waals surface area contributed by atoms with Crippen LogP contribution < -0.4 is 10.6 Å². The molecule has 0 aliphatic carbocycles. The monoisotopic (exact) mass is 276 g/mol. The molecule has 4 heteroatoms. The van der Waals surface area contributed by atoms with Crippen LogP contribution in [0.5, 0.6) is 5.75 Å². The van der Waals surface area contributed by atoms with Gasteiger partial charge in [0.05, 0.1) is 5.41 Å². The molecular weight excluding hydrogens is 252 g/mol. The van der Waals surface area contributed by atoms with E-state index in [0.717, 1.165) is 36.3 Å². The first-order chi connectivity index (χ1) is 9.36. The summed E-state index contributed by atoms with van der Waals surface area (Å²) in [6.45, 7) is 9.54. The summed E-state index contributed by atoms with van der Waals surface area (Å²) in [4.78, 5) is 12.7. The lowest BCUT2D eigenvalue weighted by molar-refractivity contribution is -0.126. The van der Waals surface area contributed by atoms with E-state index in [2.05, 4.69) is 24.5 Å². The molecule has 4 nitrogen and oxygen atoms in total. The third-order valence-corrected chi connectivity index (χ3v) is 4.54. The molecule has 20 heavy (non-hydrogen) atoms. The third-order valence-electron chi connectivity index (χ3n) is 4.54. The molecule has 110 valence electrons. The Hall–Kier alpha value is -1.55. The summed E-state index contributed by atoms with van der Waals surface area (Å²) in [6.07, 6.45) is 0.868. The minimum atomic E-state index is -0.335. The van der Waals surface area contributed by atoms with Gasteiger partial charge in [-0.1, -0.05) is 13.8 Å². The predicted octanol–water partition coefficient (Wildman–Crippen LogP) is 2.58. The van der Waals surface area contributed by atoms with Crippen LogP contribution in [0.15, 0.2) is 12.1 Å². The number of amides is 1. The Morgan fingerprint density at radius 3 is 2.60 bits per heavy atom. The zero-order valence-corrected chi connectivity index (χ0v) is 12.7. The van der Waals surface area contributed by atoms with Gasteiger partial charge in [-0.3, -0.25) is 4.79 Å². The molecule has 0 aromatic heterocycles. The quantitative estimate of drug-likeness (QED) is 0.744. The van der Waals surface area contributed by atoms with Crippen molar-refractivity contribution in [2.45, 2.75) is 34.1 Å². The maximum atomic E-state index is 12.7. The second-order valence-corrected chi connectivity index (χ2v) is 6.15. The molecule has 0 spiro atoms. The number of rotatable bonds is 3. The van der Waals surface area contributed by atoms with Gasteiger partial charge in [-0.05, 0) is 56.0 Å². The van der Waals surface area contributed by atoms with Crippen molar-refractivity contribution in [3.8, 4) is 5.75 Å². The number of nitrogens with one attached hydrogen (secondary N) is 2. The largest absolute Gasteiger partial charge is 0.508 e. The molecule has 0 radical (unpaired) electrons. The van der Waals surface area contributed by atoms with Gasteiger partial charge >= 0.3 is 0 Å². The Morgan fingerprint density at radius 2 is 2.05 bits per heavy atom. The zero-order valence-electron chi connectivity index (χ0n) is 12.7. The smallest absolute Gasteiger partial charge is 0.232 e. The highest BCUT2D eigenvalue weighted by molar-refractivity contribution is 5.96. The van der Waals surface area contributed by atoms with Gasteiger partial charge in [0.1, 0.15) is 5.75 Å². The molecule has 0 bridgehead atoms. The Labute approximate surface area is 120 Å². The van der Waals surface area contributed by atoms with E-state index < -0.39 is 0 Å². The van der Waals surface area contributed by atoms with Crippen LogP contribution in [0.2, 0.25) is 0 Å². The summed E-state index contributed by atoms with van der Waals surface area (Å²) in [5.74, 6) is 0.628. The summed E-state index contributed by atoms with van der Waals surface area (Å²) in [6, 6.07) is 3.53. The predicted molar refractivity (Wildman–Crippen MR) is 81.0 cm³/mol. The van der Waals surface area contributed by atoms with Gasteiger partial charge in [0.25, 0.3) is 0 Å². The van der Waals surface area contributed by atoms with Crippen molar-refractivity contribution in [2.75, 3.05) is 18.4 Å². The first-order valence-corrected chi connectivity index (χ1v) is 7.19. The maximum Gasteiger partial charge on any atom is 0.232 e. The molecule has 0 saturated carbocycles. The molecular formula is C16H24N2O2. The normalized spacial score (nSPS) is 22.2. The number of aryl methyl sites for hydroxylation is 2. The fourth-order valence-corrected chi connectivity index (χ4v) is 2.84. The molecule has 1 aliphatic rings. The van der Waals surface area contributed by atoms with Crippen LogP contribution in [0.4, 0.5) is 5.69 Å². The summed E-state index contributed by atoms with van der Waals surface area (Å²) < 4.78 is 0. The van der Waals surface area contributed by atoms with E-state index in [4.69, 9.17) is 0 Å². The van der Waals surface area contributed by atoms with Crippen molar-refractivity contribution < 1.29 is 9.90 Å². The van der Waals surface area contributed by atoms with E-state index in [1.165, 1.54) is 0 Å². The summed E-state index contributed by atoms with van der Waals surface area (Å²) in [5, 5.41) is 16.0. The molecule has 3 N–H and O–H groups in total. The van der Waals surface area contributed by atoms with Crippen LogP contribution in [0.25, 0.3) is 0 Å². The average Bonchev–Trinajstić information content (AvgIpc) is 2.86. The van der Waals surface area contributed by atoms with Crippen LogP contribution in [-0.2, 0) is 4.79 Å². The number of carbonyl (C=O) groups is 1. The second kappa shape index (κ2) is 5.44. The minimum Gasteiger partial charge on any atom is -0.508 e. The highest BCUT2D eigenvalue weighted by atomic mass is 16.3. The topological polar surface area (TPSA) is 61.4 Å². The number of hydrogen-bond acceptors (Lipinski definition) is 3. The Kier molecular flexibility index (Phi) is 4.04. The number of benzene rings is 1. The molecule has 1 fully saturated rings. The SMILES string of the molecule is Cc1cc(NC(=O)C2(C(C)C)CCNC2)c(C)cc1O. The van der Waals surface area contributed by atoms with Gasteiger partial charge in [-0.2, -0.15) is 0 Å². The summed E-state index contributed by atoms with van der Waals surface area (Å²) >= 11 is 0. The van der Waals surface area contributed by atoms with Crippen LogP contribution in [0, 0.1) is 25.2 Å². The van der Waals surface area contributed by atoms with Crippen LogP contribution in [0.3, 0.4) is 0 Å². The van der Waals surface area contributed by atoms with Crippen molar-refractivity contribution in [1.82, 2.24) is 5.32 Å². The molecule has 1 aliphatic heterocycles. The van der Waals surface area contributed by atoms with Crippen molar-refractivity contribution in [1.29, 1.82) is 0 Å². The van der Waals surface area contributed by atoms with Crippen molar-refractivity contribution in [3.05, 3.63) is 23.3 Å². The molecule has 1 amide bonds. The molecule has 1 aromatic carbocycles. The molecule has 1 heterocycles. The molecule has 2 rings (SSSR count). The fraction of sp³-hybridized carbons (Fsp3) is 0.562. The van der Waals surface area contributed by atoms with Crippen molar-refractivity contribution >= 4 is 11.6 Å². The van der Waals surface area contributed by atoms with Gasteiger partial charge < -0.3 is 15.7 Å². The first-order valence-electron chi connectivity index (χ1n) is 7.19. The van der Waals surface area contributed by atoms with Gasteiger partial charge in [0.2, 0.25) is 5.91 Å². The van der Waals surface area contributed by atoms with Crippen LogP contribution in [0.1, 0.15) is 31.4 Å². The average molecular weight is 276 g/mol. The van der Waals surface area contributed by atoms with Crippen molar-refractivity contribution in [2.24, 2.45) is 11.3 Å². The highest BCUT2D eigenvalue weighted by Crippen LogP contribution is 2.36. The fourth-order valence-electron chi connectivity index (χ4n) is 2.84. The first kappa shape index (κ1) is 14.9. The number of hydrogen-bond donors (Lipinski definition) is 3. The van der Waals surface area contributed by atoms with E-state index in [1.807, 2.05) is 19.9 Å². The Bertz CT molecular complexity index is 517. The van der Waals surface area contributed by atoms with E-state index in [-0.39, 0.29) is 23.0 Å². The number of phenols is 1. The Morgan fingerprint density at radius 1 is 1.35 bits per heavy atom. The lowest BCUT2D eigenvalue weighted by Crippen LogP contribution is -2.42. The molecule has 1 saturated heterocycles. The maximum absolute atomic E-state index is 12.7. The van der Waals surface area contributed by atoms with E-state index >= 15 is 0 Å². The lowest BCUT2D eigenvalue weighted by Gasteiger charge is -2.31. The summed E-state index contributed by atoms with van der Waals surface area (Å²) in [5.41, 5.74) is 2.11. The summed E-state index contributed by atoms with van der Waals surface area (Å²) in [7, 11) is 0. The highest BCUT2D eigenvalue weighted by Gasteiger charge is 2.43. The molecule has 1 aromatic rings. The standard InChI is InChI=1S/C16H24N2O2/c1-10(2)16(5-6-17-9-16)15(20)18-13-7-12(4)14(19)8-11(13)3/h7-8,10,17,19H,5-6,9H2,1-4H3,(H,18,20). The zero-order chi connectivity index (χ0) is 14.9. The number of anilines is 1. The number of phenolic OH excluding ortho intramolecular Hbond substituents is 1.